The summed E-state index contributed by atoms with van der Waals surface area (Å²) in [5, 5.41) is 14.4. The number of halogens is 2. The van der Waals surface area contributed by atoms with Crippen LogP contribution in [0.25, 0.3) is 0 Å². The van der Waals surface area contributed by atoms with Crippen LogP contribution < -0.4 is 5.32 Å². The molecule has 1 aromatic carbocycles. The fraction of sp³-hybridized carbons (Fsp3) is 0.600. The number of benzene rings is 1. The predicted molar refractivity (Wildman–Crippen MR) is 77.5 cm³/mol. The van der Waals surface area contributed by atoms with Gasteiger partial charge in [-0.1, -0.05) is 42.1 Å². The Balaban J connectivity index is 1.92. The summed E-state index contributed by atoms with van der Waals surface area (Å²) < 4.78 is 0. The van der Waals surface area contributed by atoms with Gasteiger partial charge in [-0.3, -0.25) is 0 Å². The van der Waals surface area contributed by atoms with Crippen molar-refractivity contribution >= 4 is 23.2 Å². The molecular formula is C15H20Cl2NO+. The molecule has 3 N–H and O–H groups in total. The standard InChI is InChI=1S/C15H19Cl2NO/c16-12-5-4-10(9-13(12)17)14-11-3-1-2-6-15(11,19)7-8-18-14/h4-5,9,11,14,18-19H,1-3,6-8H2/p+1/t11-,14-,15-/m0/s1. The van der Waals surface area contributed by atoms with E-state index in [0.717, 1.165) is 32.2 Å². The Morgan fingerprint density at radius 3 is 2.79 bits per heavy atom. The van der Waals surface area contributed by atoms with E-state index in [4.69, 9.17) is 23.2 Å². The van der Waals surface area contributed by atoms with Gasteiger partial charge in [0, 0.05) is 17.9 Å². The molecular weight excluding hydrogens is 281 g/mol. The predicted octanol–water partition coefficient (Wildman–Crippen LogP) is 2.92. The third-order valence-corrected chi connectivity index (χ3v) is 5.56. The van der Waals surface area contributed by atoms with E-state index >= 15 is 0 Å². The van der Waals surface area contributed by atoms with Gasteiger partial charge in [-0.2, -0.15) is 0 Å². The van der Waals surface area contributed by atoms with Crippen LogP contribution in [0.15, 0.2) is 18.2 Å². The number of quaternary nitrogens is 1. The van der Waals surface area contributed by atoms with Crippen molar-refractivity contribution in [2.75, 3.05) is 6.54 Å². The Morgan fingerprint density at radius 2 is 2.00 bits per heavy atom. The van der Waals surface area contributed by atoms with Crippen LogP contribution in [0.4, 0.5) is 0 Å². The molecule has 3 atom stereocenters. The van der Waals surface area contributed by atoms with Crippen molar-refractivity contribution in [2.45, 2.75) is 43.7 Å². The Hall–Kier alpha value is -0.280. The zero-order valence-electron chi connectivity index (χ0n) is 10.9. The van der Waals surface area contributed by atoms with Crippen molar-refractivity contribution in [3.05, 3.63) is 33.8 Å². The maximum atomic E-state index is 10.9. The van der Waals surface area contributed by atoms with Crippen LogP contribution in [0.3, 0.4) is 0 Å². The maximum Gasteiger partial charge on any atom is 0.117 e. The molecule has 1 aliphatic carbocycles. The van der Waals surface area contributed by atoms with Crippen LogP contribution in [0.5, 0.6) is 0 Å². The fourth-order valence-electron chi connectivity index (χ4n) is 3.84. The zero-order chi connectivity index (χ0) is 13.5. The van der Waals surface area contributed by atoms with E-state index < -0.39 is 5.60 Å². The first-order valence-electron chi connectivity index (χ1n) is 7.11. The van der Waals surface area contributed by atoms with Gasteiger partial charge in [-0.05, 0) is 25.0 Å². The van der Waals surface area contributed by atoms with E-state index in [0.29, 0.717) is 22.0 Å². The quantitative estimate of drug-likeness (QED) is 0.822. The molecule has 1 saturated heterocycles. The van der Waals surface area contributed by atoms with Crippen LogP contribution in [-0.4, -0.2) is 17.3 Å². The summed E-state index contributed by atoms with van der Waals surface area (Å²) in [6.07, 6.45) is 5.34. The maximum absolute atomic E-state index is 10.9. The summed E-state index contributed by atoms with van der Waals surface area (Å²) >= 11 is 12.1. The highest BCUT2D eigenvalue weighted by Crippen LogP contribution is 2.43. The number of fused-ring (bicyclic) bond motifs is 1. The first-order valence-corrected chi connectivity index (χ1v) is 7.86. The average molecular weight is 301 g/mol. The number of hydrogen-bond donors (Lipinski definition) is 2. The van der Waals surface area contributed by atoms with Gasteiger partial charge < -0.3 is 10.4 Å². The minimum atomic E-state index is -0.468. The van der Waals surface area contributed by atoms with Crippen molar-refractivity contribution in [1.29, 1.82) is 0 Å². The Bertz CT molecular complexity index is 475. The monoisotopic (exact) mass is 300 g/mol. The topological polar surface area (TPSA) is 36.8 Å². The van der Waals surface area contributed by atoms with Crippen molar-refractivity contribution in [1.82, 2.24) is 0 Å². The highest BCUT2D eigenvalue weighted by molar-refractivity contribution is 6.42. The molecule has 2 aliphatic rings. The summed E-state index contributed by atoms with van der Waals surface area (Å²) in [4.78, 5) is 0. The summed E-state index contributed by atoms with van der Waals surface area (Å²) in [6, 6.07) is 6.19. The molecule has 2 nitrogen and oxygen atoms in total. The molecule has 2 fully saturated rings. The summed E-state index contributed by atoms with van der Waals surface area (Å²) in [5.41, 5.74) is 0.725. The van der Waals surface area contributed by atoms with Gasteiger partial charge in [0.15, 0.2) is 0 Å². The van der Waals surface area contributed by atoms with Crippen molar-refractivity contribution in [3.8, 4) is 0 Å². The van der Waals surface area contributed by atoms with Gasteiger partial charge in [0.1, 0.15) is 6.04 Å². The van der Waals surface area contributed by atoms with E-state index in [2.05, 4.69) is 11.4 Å². The Kier molecular flexibility index (Phi) is 3.78. The number of rotatable bonds is 1. The lowest BCUT2D eigenvalue weighted by Gasteiger charge is -2.46. The van der Waals surface area contributed by atoms with Gasteiger partial charge >= 0.3 is 0 Å². The number of nitrogens with two attached hydrogens (primary N) is 1. The van der Waals surface area contributed by atoms with Gasteiger partial charge in [0.25, 0.3) is 0 Å². The smallest absolute Gasteiger partial charge is 0.117 e. The SMILES string of the molecule is O[C@]12CCCC[C@H]1[C@H](c1ccc(Cl)c(Cl)c1)[NH2+]CC2. The van der Waals surface area contributed by atoms with Crippen molar-refractivity contribution in [2.24, 2.45) is 5.92 Å². The molecule has 1 heterocycles. The molecule has 1 saturated carbocycles. The van der Waals surface area contributed by atoms with Gasteiger partial charge in [-0.15, -0.1) is 0 Å². The molecule has 104 valence electrons. The highest BCUT2D eigenvalue weighted by atomic mass is 35.5. The first-order chi connectivity index (χ1) is 9.10. The van der Waals surface area contributed by atoms with E-state index in [1.807, 2.05) is 12.1 Å². The van der Waals surface area contributed by atoms with Crippen molar-refractivity contribution < 1.29 is 10.4 Å². The molecule has 0 amide bonds. The number of hydrogen-bond acceptors (Lipinski definition) is 1. The van der Waals surface area contributed by atoms with E-state index in [9.17, 15) is 5.11 Å². The Labute approximate surface area is 124 Å². The fourth-order valence-corrected chi connectivity index (χ4v) is 4.15. The summed E-state index contributed by atoms with van der Waals surface area (Å²) in [7, 11) is 0. The lowest BCUT2D eigenvalue weighted by atomic mass is 9.67. The highest BCUT2D eigenvalue weighted by Gasteiger charge is 2.48. The molecule has 1 aromatic rings. The molecule has 0 unspecified atom stereocenters. The second-order valence-electron chi connectivity index (χ2n) is 5.93. The zero-order valence-corrected chi connectivity index (χ0v) is 12.4. The lowest BCUT2D eigenvalue weighted by Crippen LogP contribution is -2.91. The third kappa shape index (κ3) is 2.52. The van der Waals surface area contributed by atoms with Crippen LogP contribution in [0.1, 0.15) is 43.7 Å². The van der Waals surface area contributed by atoms with Gasteiger partial charge in [0.2, 0.25) is 0 Å². The third-order valence-electron chi connectivity index (χ3n) is 4.82. The van der Waals surface area contributed by atoms with Crippen LogP contribution in [-0.2, 0) is 0 Å². The number of piperidine rings is 1. The summed E-state index contributed by atoms with van der Waals surface area (Å²) in [6.45, 7) is 0.984. The van der Waals surface area contributed by atoms with E-state index in [1.165, 1.54) is 12.0 Å². The first kappa shape index (κ1) is 13.7. The average Bonchev–Trinajstić information content (AvgIpc) is 2.40. The molecule has 0 radical (unpaired) electrons. The van der Waals surface area contributed by atoms with Gasteiger partial charge in [-0.25, -0.2) is 0 Å². The van der Waals surface area contributed by atoms with Gasteiger partial charge in [0.05, 0.1) is 22.2 Å². The van der Waals surface area contributed by atoms with Crippen molar-refractivity contribution in [3.63, 3.8) is 0 Å². The molecule has 0 aromatic heterocycles. The lowest BCUT2D eigenvalue weighted by molar-refractivity contribution is -0.719. The largest absolute Gasteiger partial charge is 0.389 e. The van der Waals surface area contributed by atoms with E-state index in [1.54, 1.807) is 0 Å². The van der Waals surface area contributed by atoms with Crippen LogP contribution in [0.2, 0.25) is 10.0 Å². The Morgan fingerprint density at radius 1 is 1.16 bits per heavy atom. The van der Waals surface area contributed by atoms with Crippen LogP contribution >= 0.6 is 23.2 Å². The molecule has 1 aliphatic heterocycles. The minimum absolute atomic E-state index is 0.314. The second-order valence-corrected chi connectivity index (χ2v) is 6.74. The normalized spacial score (nSPS) is 34.9. The van der Waals surface area contributed by atoms with E-state index in [-0.39, 0.29) is 0 Å². The molecule has 4 heteroatoms. The second kappa shape index (κ2) is 5.25. The molecule has 0 bridgehead atoms. The minimum Gasteiger partial charge on any atom is -0.389 e. The number of aliphatic hydroxyl groups is 1. The summed E-state index contributed by atoms with van der Waals surface area (Å²) in [5.74, 6) is 0.340. The molecule has 19 heavy (non-hydrogen) atoms. The van der Waals surface area contributed by atoms with Crippen LogP contribution in [0, 0.1) is 5.92 Å². The molecule has 0 spiro atoms. The molecule has 3 rings (SSSR count).